The molecule has 2 nitrogen and oxygen atoms in total. The summed E-state index contributed by atoms with van der Waals surface area (Å²) < 4.78 is 5.13. The van der Waals surface area contributed by atoms with Gasteiger partial charge in [0.15, 0.2) is 0 Å². The Morgan fingerprint density at radius 1 is 0.268 bits per heavy atom. The summed E-state index contributed by atoms with van der Waals surface area (Å²) in [5.74, 6) is 0. The van der Waals surface area contributed by atoms with Crippen LogP contribution in [-0.4, -0.2) is 9.13 Å². The van der Waals surface area contributed by atoms with Crippen molar-refractivity contribution >= 4 is 77.9 Å². The highest BCUT2D eigenvalue weighted by Crippen LogP contribution is 2.66. The van der Waals surface area contributed by atoms with E-state index in [9.17, 15) is 0 Å². The second-order valence-electron chi connectivity index (χ2n) is 22.5. The quantitative estimate of drug-likeness (QED) is 0.174. The summed E-state index contributed by atoms with van der Waals surface area (Å²) in [6.07, 6.45) is 0. The standard InChI is InChI=1S/C78H46N2S2/c1-2-20-48-45-51(40-39-47(48)19-1)80-69-36-14-7-26-56(69)58-42-44-67-76(74(58)80)82-71-38-16-12-33-64(71)78(67)62-31-10-5-27-59(62)72-52(28-18-34-65(72)78)49-21-17-22-50(46-49)79-68-35-13-6-25-55(68)57-41-43-66-75(73(57)79)81-70-37-15-11-32-63(70)77(66)60-29-8-3-23-53(60)54-24-4-9-30-61(54)77/h1-46H. The maximum atomic E-state index is 2.58. The van der Waals surface area contributed by atoms with Crippen LogP contribution in [0.15, 0.2) is 299 Å². The lowest BCUT2D eigenvalue weighted by molar-refractivity contribution is 0.724. The van der Waals surface area contributed by atoms with E-state index >= 15 is 0 Å². The number of rotatable bonds is 3. The smallest absolute Gasteiger partial charge is 0.0736 e. The molecule has 0 saturated heterocycles. The minimum Gasteiger partial charge on any atom is -0.308 e. The van der Waals surface area contributed by atoms with Gasteiger partial charge in [0.2, 0.25) is 0 Å². The van der Waals surface area contributed by atoms with Crippen LogP contribution in [0.4, 0.5) is 0 Å². The molecule has 0 fully saturated rings. The highest BCUT2D eigenvalue weighted by atomic mass is 32.2. The van der Waals surface area contributed by atoms with Gasteiger partial charge >= 0.3 is 0 Å². The molecule has 2 spiro atoms. The van der Waals surface area contributed by atoms with Crippen molar-refractivity contribution in [3.05, 3.63) is 324 Å². The first kappa shape index (κ1) is 45.2. The summed E-state index contributed by atoms with van der Waals surface area (Å²) in [6, 6.07) is 106. The van der Waals surface area contributed by atoms with Crippen molar-refractivity contribution in [3.63, 3.8) is 0 Å². The summed E-state index contributed by atoms with van der Waals surface area (Å²) >= 11 is 3.87. The van der Waals surface area contributed by atoms with E-state index in [2.05, 4.69) is 288 Å². The van der Waals surface area contributed by atoms with E-state index in [1.54, 1.807) is 0 Å². The van der Waals surface area contributed by atoms with Crippen molar-refractivity contribution < 1.29 is 0 Å². The van der Waals surface area contributed by atoms with E-state index in [1.165, 1.54) is 158 Å². The summed E-state index contributed by atoms with van der Waals surface area (Å²) in [5, 5.41) is 7.52. The number of nitrogens with zero attached hydrogens (tertiary/aromatic N) is 2. The van der Waals surface area contributed by atoms with Gasteiger partial charge in [-0.3, -0.25) is 0 Å². The number of hydrogen-bond acceptors (Lipinski definition) is 2. The Morgan fingerprint density at radius 3 is 1.34 bits per heavy atom. The molecule has 2 aliphatic carbocycles. The lowest BCUT2D eigenvalue weighted by Crippen LogP contribution is -2.32. The van der Waals surface area contributed by atoms with Crippen LogP contribution in [0.25, 0.3) is 99.1 Å². The Hall–Kier alpha value is -9.58. The van der Waals surface area contributed by atoms with Gasteiger partial charge in [0.1, 0.15) is 0 Å². The lowest BCUT2D eigenvalue weighted by atomic mass is 9.67. The summed E-state index contributed by atoms with van der Waals surface area (Å²) in [7, 11) is 0. The van der Waals surface area contributed by atoms with E-state index in [4.69, 9.17) is 0 Å². The van der Waals surface area contributed by atoms with Gasteiger partial charge in [-0.15, -0.1) is 0 Å². The van der Waals surface area contributed by atoms with Gasteiger partial charge in [0.25, 0.3) is 0 Å². The largest absolute Gasteiger partial charge is 0.308 e. The Balaban J connectivity index is 0.855. The van der Waals surface area contributed by atoms with Crippen molar-refractivity contribution in [2.45, 2.75) is 30.4 Å². The van der Waals surface area contributed by atoms with E-state index in [0.717, 1.165) is 5.69 Å². The molecule has 15 aromatic rings. The molecule has 2 aliphatic heterocycles. The summed E-state index contributed by atoms with van der Waals surface area (Å²) in [6.45, 7) is 0. The van der Waals surface area contributed by atoms with Crippen LogP contribution in [0.3, 0.4) is 0 Å². The Morgan fingerprint density at radius 2 is 0.720 bits per heavy atom. The molecule has 4 heterocycles. The molecule has 0 N–H and O–H groups in total. The van der Waals surface area contributed by atoms with Crippen LogP contribution in [0.5, 0.6) is 0 Å². The topological polar surface area (TPSA) is 9.86 Å². The van der Waals surface area contributed by atoms with E-state index in [-0.39, 0.29) is 0 Å². The second-order valence-corrected chi connectivity index (χ2v) is 24.6. The molecule has 0 bridgehead atoms. The van der Waals surface area contributed by atoms with Crippen LogP contribution in [0.2, 0.25) is 0 Å². The Kier molecular flexibility index (Phi) is 9.10. The number of para-hydroxylation sites is 2. The normalized spacial score (nSPS) is 15.6. The Bertz CT molecular complexity index is 5280. The van der Waals surface area contributed by atoms with Crippen molar-refractivity contribution in [2.75, 3.05) is 0 Å². The third-order valence-electron chi connectivity index (χ3n) is 18.8. The fraction of sp³-hybridized carbons (Fsp3) is 0.0256. The fourth-order valence-corrected chi connectivity index (χ4v) is 18.4. The van der Waals surface area contributed by atoms with Gasteiger partial charge in [-0.2, -0.15) is 0 Å². The predicted molar refractivity (Wildman–Crippen MR) is 341 cm³/mol. The maximum Gasteiger partial charge on any atom is 0.0736 e. The van der Waals surface area contributed by atoms with Crippen molar-refractivity contribution in [3.8, 4) is 44.8 Å². The first-order chi connectivity index (χ1) is 40.7. The molecule has 1 atom stereocenters. The van der Waals surface area contributed by atoms with Crippen molar-refractivity contribution in [1.29, 1.82) is 0 Å². The number of hydrogen-bond donors (Lipinski definition) is 0. The van der Waals surface area contributed by atoms with Gasteiger partial charge in [0, 0.05) is 52.5 Å². The van der Waals surface area contributed by atoms with Gasteiger partial charge < -0.3 is 9.13 Å². The molecule has 0 saturated carbocycles. The second kappa shape index (κ2) is 16.5. The molecule has 0 amide bonds. The van der Waals surface area contributed by atoms with Gasteiger partial charge in [-0.1, -0.05) is 254 Å². The van der Waals surface area contributed by atoms with Gasteiger partial charge in [-0.05, 0) is 137 Å². The number of fused-ring (bicyclic) bond motifs is 27. The van der Waals surface area contributed by atoms with Crippen LogP contribution in [-0.2, 0) is 10.8 Å². The van der Waals surface area contributed by atoms with Crippen LogP contribution >= 0.6 is 23.5 Å². The summed E-state index contributed by atoms with van der Waals surface area (Å²) in [5.41, 5.74) is 24.5. The van der Waals surface area contributed by atoms with Crippen molar-refractivity contribution in [1.82, 2.24) is 9.13 Å². The highest BCUT2D eigenvalue weighted by Gasteiger charge is 2.53. The van der Waals surface area contributed by atoms with Gasteiger partial charge in [0.05, 0.1) is 32.9 Å². The lowest BCUT2D eigenvalue weighted by Gasteiger charge is -2.40. The predicted octanol–water partition coefficient (Wildman–Crippen LogP) is 20.4. The SMILES string of the molecule is c1cc(-c2cccc3c2-c2ccccc2C32c3ccccc3Sc3c2ccc2c4ccccc4n(-c4ccc5ccccc5c4)c32)cc(-n2c3ccccc3c3ccc4c(c32)Sc2ccccc2C42c3ccccc3-c3ccccc32)c1. The molecule has 19 rings (SSSR count). The first-order valence-electron chi connectivity index (χ1n) is 28.4. The molecular weight excluding hydrogens is 1030 g/mol. The zero-order valence-electron chi connectivity index (χ0n) is 44.3. The third kappa shape index (κ3) is 5.63. The van der Waals surface area contributed by atoms with Crippen LogP contribution in [0.1, 0.15) is 44.5 Å². The van der Waals surface area contributed by atoms with Crippen molar-refractivity contribution in [2.24, 2.45) is 0 Å². The van der Waals surface area contributed by atoms with E-state index in [1.807, 2.05) is 23.5 Å². The molecular formula is C78H46N2S2. The molecule has 4 aliphatic rings. The molecule has 0 radical (unpaired) electrons. The van der Waals surface area contributed by atoms with Crippen LogP contribution in [0, 0.1) is 0 Å². The zero-order chi connectivity index (χ0) is 53.4. The maximum absolute atomic E-state index is 2.58. The Labute approximate surface area is 482 Å². The molecule has 13 aromatic carbocycles. The molecule has 2 aromatic heterocycles. The minimum atomic E-state index is -0.595. The minimum absolute atomic E-state index is 0.483. The zero-order valence-corrected chi connectivity index (χ0v) is 45.9. The summed E-state index contributed by atoms with van der Waals surface area (Å²) in [4.78, 5) is 5.20. The molecule has 4 heteroatoms. The fourth-order valence-electron chi connectivity index (χ4n) is 15.7. The van der Waals surface area contributed by atoms with Crippen LogP contribution < -0.4 is 0 Å². The molecule has 380 valence electrons. The average Bonchev–Trinajstić information content (AvgIpc) is 3.46. The monoisotopic (exact) mass is 1070 g/mol. The van der Waals surface area contributed by atoms with E-state index < -0.39 is 10.8 Å². The van der Waals surface area contributed by atoms with E-state index in [0.29, 0.717) is 0 Å². The third-order valence-corrected chi connectivity index (χ3v) is 21.2. The first-order valence-corrected chi connectivity index (χ1v) is 30.0. The number of aromatic nitrogens is 2. The highest BCUT2D eigenvalue weighted by molar-refractivity contribution is 8.00. The molecule has 1 unspecified atom stereocenters. The number of benzene rings is 13. The molecule has 82 heavy (non-hydrogen) atoms. The average molecular weight is 1080 g/mol. The van der Waals surface area contributed by atoms with Gasteiger partial charge in [-0.25, -0.2) is 0 Å².